The summed E-state index contributed by atoms with van der Waals surface area (Å²) in [7, 11) is 0. The Morgan fingerprint density at radius 1 is 1.62 bits per heavy atom. The summed E-state index contributed by atoms with van der Waals surface area (Å²) >= 11 is 3.39. The van der Waals surface area contributed by atoms with E-state index in [2.05, 4.69) is 26.3 Å². The number of aromatic nitrogens is 2. The maximum absolute atomic E-state index is 14.4. The van der Waals surface area contributed by atoms with Gasteiger partial charge in [-0.25, -0.2) is 4.39 Å². The summed E-state index contributed by atoms with van der Waals surface area (Å²) in [6.07, 6.45) is 2.59. The molecule has 2 heterocycles. The minimum absolute atomic E-state index is 0.125. The summed E-state index contributed by atoms with van der Waals surface area (Å²) in [5.74, 6) is 0.125. The molecular formula is C11H17BrFN3. The average molecular weight is 290 g/mol. The Morgan fingerprint density at radius 3 is 2.94 bits per heavy atom. The van der Waals surface area contributed by atoms with Crippen LogP contribution in [0.2, 0.25) is 0 Å². The molecule has 1 unspecified atom stereocenters. The number of nitrogens with one attached hydrogen (secondary N) is 1. The maximum atomic E-state index is 14.4. The number of hydrogen-bond donors (Lipinski definition) is 1. The molecule has 0 bridgehead atoms. The third-order valence-electron chi connectivity index (χ3n) is 3.19. The number of nitrogens with zero attached hydrogens (tertiary/aromatic N) is 2. The monoisotopic (exact) mass is 289 g/mol. The first kappa shape index (κ1) is 12.0. The molecule has 0 aromatic carbocycles. The van der Waals surface area contributed by atoms with E-state index < -0.39 is 6.17 Å². The standard InChI is InChI=1S/C11H17BrFN3/c1-2-16-11(9(12)7-15-16)10(13)8-3-5-14-6-4-8/h7-8,10,14H,2-6H2,1H3. The van der Waals surface area contributed by atoms with Crippen LogP contribution in [-0.4, -0.2) is 22.9 Å². The maximum Gasteiger partial charge on any atom is 0.146 e. The molecule has 1 fully saturated rings. The van der Waals surface area contributed by atoms with Crippen LogP contribution in [0.25, 0.3) is 0 Å². The molecule has 1 aromatic heterocycles. The molecule has 0 aliphatic carbocycles. The van der Waals surface area contributed by atoms with E-state index in [-0.39, 0.29) is 5.92 Å². The van der Waals surface area contributed by atoms with Crippen molar-refractivity contribution < 1.29 is 4.39 Å². The number of rotatable bonds is 3. The van der Waals surface area contributed by atoms with Crippen molar-refractivity contribution >= 4 is 15.9 Å². The lowest BCUT2D eigenvalue weighted by Crippen LogP contribution is -2.30. The van der Waals surface area contributed by atoms with Gasteiger partial charge in [0, 0.05) is 6.54 Å². The van der Waals surface area contributed by atoms with E-state index in [0.29, 0.717) is 12.2 Å². The van der Waals surface area contributed by atoms with Gasteiger partial charge in [0.15, 0.2) is 0 Å². The Morgan fingerprint density at radius 2 is 2.31 bits per heavy atom. The SMILES string of the molecule is CCn1ncc(Br)c1C(F)C1CCNCC1. The predicted molar refractivity (Wildman–Crippen MR) is 65.0 cm³/mol. The third kappa shape index (κ3) is 2.30. The van der Waals surface area contributed by atoms with Crippen molar-refractivity contribution in [2.75, 3.05) is 13.1 Å². The van der Waals surface area contributed by atoms with Gasteiger partial charge in [-0.15, -0.1) is 0 Å². The molecule has 5 heteroatoms. The highest BCUT2D eigenvalue weighted by molar-refractivity contribution is 9.10. The zero-order chi connectivity index (χ0) is 11.5. The van der Waals surface area contributed by atoms with Crippen molar-refractivity contribution in [2.45, 2.75) is 32.5 Å². The van der Waals surface area contributed by atoms with Gasteiger partial charge >= 0.3 is 0 Å². The second-order valence-electron chi connectivity index (χ2n) is 4.18. The van der Waals surface area contributed by atoms with E-state index in [4.69, 9.17) is 0 Å². The quantitative estimate of drug-likeness (QED) is 0.927. The highest BCUT2D eigenvalue weighted by atomic mass is 79.9. The zero-order valence-electron chi connectivity index (χ0n) is 9.42. The number of hydrogen-bond acceptors (Lipinski definition) is 2. The van der Waals surface area contributed by atoms with Crippen LogP contribution < -0.4 is 5.32 Å². The minimum Gasteiger partial charge on any atom is -0.317 e. The molecule has 2 rings (SSSR count). The van der Waals surface area contributed by atoms with Crippen molar-refractivity contribution in [2.24, 2.45) is 5.92 Å². The van der Waals surface area contributed by atoms with Crippen LogP contribution in [0.4, 0.5) is 4.39 Å². The Hall–Kier alpha value is -0.420. The van der Waals surface area contributed by atoms with Gasteiger partial charge in [0.25, 0.3) is 0 Å². The molecule has 0 saturated carbocycles. The third-order valence-corrected chi connectivity index (χ3v) is 3.80. The fourth-order valence-corrected chi connectivity index (χ4v) is 2.77. The summed E-state index contributed by atoms with van der Waals surface area (Å²) in [5.41, 5.74) is 0.703. The summed E-state index contributed by atoms with van der Waals surface area (Å²) < 4.78 is 17.0. The van der Waals surface area contributed by atoms with Crippen molar-refractivity contribution in [1.82, 2.24) is 15.1 Å². The zero-order valence-corrected chi connectivity index (χ0v) is 11.0. The minimum atomic E-state index is -0.904. The van der Waals surface area contributed by atoms with Crippen molar-refractivity contribution in [3.63, 3.8) is 0 Å². The Balaban J connectivity index is 2.18. The lowest BCUT2D eigenvalue weighted by atomic mass is 9.91. The predicted octanol–water partition coefficient (Wildman–Crippen LogP) is 2.68. The van der Waals surface area contributed by atoms with E-state index in [1.165, 1.54) is 0 Å². The number of alkyl halides is 1. The topological polar surface area (TPSA) is 29.9 Å². The largest absolute Gasteiger partial charge is 0.317 e. The van der Waals surface area contributed by atoms with Gasteiger partial charge in [0.1, 0.15) is 6.17 Å². The molecule has 16 heavy (non-hydrogen) atoms. The highest BCUT2D eigenvalue weighted by Crippen LogP contribution is 2.35. The summed E-state index contributed by atoms with van der Waals surface area (Å²) in [6.45, 7) is 4.54. The molecule has 3 nitrogen and oxygen atoms in total. The average Bonchev–Trinajstić information content (AvgIpc) is 2.70. The molecular weight excluding hydrogens is 273 g/mol. The molecule has 1 N–H and O–H groups in total. The van der Waals surface area contributed by atoms with Crippen LogP contribution in [0, 0.1) is 5.92 Å². The normalized spacial score (nSPS) is 19.9. The van der Waals surface area contributed by atoms with Crippen LogP contribution in [0.1, 0.15) is 31.6 Å². The molecule has 90 valence electrons. The molecule has 1 atom stereocenters. The molecule has 1 saturated heterocycles. The summed E-state index contributed by atoms with van der Waals surface area (Å²) in [4.78, 5) is 0. The van der Waals surface area contributed by atoms with Crippen molar-refractivity contribution in [1.29, 1.82) is 0 Å². The number of piperidine rings is 1. The fourth-order valence-electron chi connectivity index (χ4n) is 2.26. The Kier molecular flexibility index (Phi) is 3.97. The number of aryl methyl sites for hydroxylation is 1. The molecule has 0 amide bonds. The summed E-state index contributed by atoms with van der Waals surface area (Å²) in [6, 6.07) is 0. The van der Waals surface area contributed by atoms with E-state index in [9.17, 15) is 4.39 Å². The van der Waals surface area contributed by atoms with Gasteiger partial charge in [-0.2, -0.15) is 5.10 Å². The van der Waals surface area contributed by atoms with Gasteiger partial charge in [0.2, 0.25) is 0 Å². The molecule has 0 spiro atoms. The Labute approximate surface area is 104 Å². The van der Waals surface area contributed by atoms with Gasteiger partial charge < -0.3 is 5.32 Å². The van der Waals surface area contributed by atoms with Crippen LogP contribution in [0.3, 0.4) is 0 Å². The van der Waals surface area contributed by atoms with Crippen LogP contribution in [0.5, 0.6) is 0 Å². The molecule has 1 aliphatic heterocycles. The second kappa shape index (κ2) is 5.27. The lowest BCUT2D eigenvalue weighted by molar-refractivity contribution is 0.179. The van der Waals surface area contributed by atoms with Crippen LogP contribution in [0.15, 0.2) is 10.7 Å². The van der Waals surface area contributed by atoms with Gasteiger partial charge in [-0.1, -0.05) is 0 Å². The van der Waals surface area contributed by atoms with E-state index in [1.807, 2.05) is 6.92 Å². The van der Waals surface area contributed by atoms with Crippen molar-refractivity contribution in [3.05, 3.63) is 16.4 Å². The summed E-state index contributed by atoms with van der Waals surface area (Å²) in [5, 5.41) is 7.42. The van der Waals surface area contributed by atoms with Gasteiger partial charge in [-0.3, -0.25) is 4.68 Å². The second-order valence-corrected chi connectivity index (χ2v) is 5.04. The fraction of sp³-hybridized carbons (Fsp3) is 0.727. The molecule has 1 aromatic rings. The van der Waals surface area contributed by atoms with E-state index >= 15 is 0 Å². The van der Waals surface area contributed by atoms with Gasteiger partial charge in [-0.05, 0) is 54.7 Å². The van der Waals surface area contributed by atoms with E-state index in [1.54, 1.807) is 10.9 Å². The van der Waals surface area contributed by atoms with Crippen LogP contribution in [-0.2, 0) is 6.54 Å². The molecule has 1 aliphatic rings. The number of halogens is 2. The molecule has 0 radical (unpaired) electrons. The van der Waals surface area contributed by atoms with Crippen LogP contribution >= 0.6 is 15.9 Å². The highest BCUT2D eigenvalue weighted by Gasteiger charge is 2.28. The Bertz CT molecular complexity index is 347. The van der Waals surface area contributed by atoms with E-state index in [0.717, 1.165) is 30.4 Å². The first-order chi connectivity index (χ1) is 7.74. The van der Waals surface area contributed by atoms with Crippen molar-refractivity contribution in [3.8, 4) is 0 Å². The smallest absolute Gasteiger partial charge is 0.146 e. The lowest BCUT2D eigenvalue weighted by Gasteiger charge is -2.26. The first-order valence-corrected chi connectivity index (χ1v) is 6.59. The first-order valence-electron chi connectivity index (χ1n) is 5.80. The van der Waals surface area contributed by atoms with Gasteiger partial charge in [0.05, 0.1) is 16.4 Å².